The zero-order valence-corrected chi connectivity index (χ0v) is 13.0. The van der Waals surface area contributed by atoms with Crippen LogP contribution in [-0.4, -0.2) is 40.7 Å². The molecule has 2 atom stereocenters. The molecule has 0 saturated carbocycles. The normalized spacial score (nSPS) is 17.2. The maximum absolute atomic E-state index is 12.4. The van der Waals surface area contributed by atoms with Crippen LogP contribution >= 0.6 is 0 Å². The maximum Gasteiger partial charge on any atom is 0.308 e. The highest BCUT2D eigenvalue weighted by molar-refractivity contribution is 6.39. The number of rotatable bonds is 5. The van der Waals surface area contributed by atoms with Crippen molar-refractivity contribution < 1.29 is 19.5 Å². The third-order valence-corrected chi connectivity index (χ3v) is 3.80. The van der Waals surface area contributed by atoms with Gasteiger partial charge in [-0.15, -0.1) is 0 Å². The summed E-state index contributed by atoms with van der Waals surface area (Å²) < 4.78 is 0. The van der Waals surface area contributed by atoms with Crippen LogP contribution in [0.4, 0.5) is 0 Å². The predicted molar refractivity (Wildman–Crippen MR) is 83.6 cm³/mol. The average molecular weight is 317 g/mol. The zero-order chi connectivity index (χ0) is 17.0. The molecule has 0 spiro atoms. The first-order valence-corrected chi connectivity index (χ1v) is 7.32. The van der Waals surface area contributed by atoms with Crippen LogP contribution in [0.1, 0.15) is 31.4 Å². The van der Waals surface area contributed by atoms with Gasteiger partial charge in [0, 0.05) is 19.9 Å². The van der Waals surface area contributed by atoms with E-state index in [0.717, 1.165) is 5.01 Å². The second-order valence-electron chi connectivity index (χ2n) is 5.45. The molecule has 23 heavy (non-hydrogen) atoms. The summed E-state index contributed by atoms with van der Waals surface area (Å²) in [6.07, 6.45) is 0.464. The van der Waals surface area contributed by atoms with Crippen molar-refractivity contribution in [3.05, 3.63) is 35.9 Å². The molecule has 2 N–H and O–H groups in total. The minimum Gasteiger partial charge on any atom is -0.481 e. The zero-order valence-electron chi connectivity index (χ0n) is 13.0. The van der Waals surface area contributed by atoms with Gasteiger partial charge in [-0.3, -0.25) is 14.4 Å². The van der Waals surface area contributed by atoms with Gasteiger partial charge >= 0.3 is 5.97 Å². The van der Waals surface area contributed by atoms with Crippen LogP contribution < -0.4 is 5.32 Å². The smallest absolute Gasteiger partial charge is 0.308 e. The van der Waals surface area contributed by atoms with E-state index >= 15 is 0 Å². The highest BCUT2D eigenvalue weighted by atomic mass is 16.4. The Morgan fingerprint density at radius 3 is 2.48 bits per heavy atom. The lowest BCUT2D eigenvalue weighted by molar-refractivity contribution is -0.142. The van der Waals surface area contributed by atoms with Crippen molar-refractivity contribution in [2.75, 3.05) is 7.05 Å². The minimum atomic E-state index is -1.00. The summed E-state index contributed by atoms with van der Waals surface area (Å²) in [5, 5.41) is 17.1. The Balaban J connectivity index is 2.21. The Kier molecular flexibility index (Phi) is 5.10. The predicted octanol–water partition coefficient (Wildman–Crippen LogP) is 1.17. The summed E-state index contributed by atoms with van der Waals surface area (Å²) in [6.45, 7) is 1.54. The number of hydrazone groups is 1. The van der Waals surface area contributed by atoms with Gasteiger partial charge in [0.2, 0.25) is 5.91 Å². The molecule has 0 fully saturated rings. The molecule has 1 heterocycles. The molecule has 0 saturated heterocycles. The van der Waals surface area contributed by atoms with Crippen LogP contribution in [0.3, 0.4) is 0 Å². The summed E-state index contributed by atoms with van der Waals surface area (Å²) in [6, 6.07) is 8.25. The molecular formula is C16H19N3O4. The molecule has 2 amide bonds. The fourth-order valence-corrected chi connectivity index (χ4v) is 2.36. The molecule has 7 nitrogen and oxygen atoms in total. The van der Waals surface area contributed by atoms with E-state index in [4.69, 9.17) is 0 Å². The third kappa shape index (κ3) is 3.94. The van der Waals surface area contributed by atoms with E-state index < -0.39 is 23.8 Å². The molecular weight excluding hydrogens is 298 g/mol. The number of hydrogen-bond acceptors (Lipinski definition) is 4. The number of aliphatic carboxylic acids is 1. The third-order valence-electron chi connectivity index (χ3n) is 3.80. The number of hydrogen-bond donors (Lipinski definition) is 2. The summed E-state index contributed by atoms with van der Waals surface area (Å²) in [5.74, 6) is -2.41. The molecule has 0 aromatic heterocycles. The first-order valence-electron chi connectivity index (χ1n) is 7.32. The second kappa shape index (κ2) is 7.04. The van der Waals surface area contributed by atoms with Gasteiger partial charge in [-0.05, 0) is 12.5 Å². The molecule has 0 bridgehead atoms. The van der Waals surface area contributed by atoms with Gasteiger partial charge in [0.25, 0.3) is 5.91 Å². The molecule has 2 rings (SSSR count). The van der Waals surface area contributed by atoms with E-state index in [9.17, 15) is 19.5 Å². The topological polar surface area (TPSA) is 99.1 Å². The van der Waals surface area contributed by atoms with Crippen molar-refractivity contribution in [3.8, 4) is 0 Å². The Morgan fingerprint density at radius 2 is 1.91 bits per heavy atom. The van der Waals surface area contributed by atoms with Crippen LogP contribution in [0.25, 0.3) is 0 Å². The van der Waals surface area contributed by atoms with Gasteiger partial charge in [0.15, 0.2) is 0 Å². The Hall–Kier alpha value is -2.70. The fourth-order valence-electron chi connectivity index (χ4n) is 2.36. The fraction of sp³-hybridized carbons (Fsp3) is 0.375. The summed E-state index contributed by atoms with van der Waals surface area (Å²) >= 11 is 0. The van der Waals surface area contributed by atoms with Gasteiger partial charge in [-0.2, -0.15) is 5.10 Å². The highest BCUT2D eigenvalue weighted by Gasteiger charge is 2.29. The minimum absolute atomic E-state index is 0.153. The van der Waals surface area contributed by atoms with Crippen LogP contribution in [0, 0.1) is 5.92 Å². The molecule has 7 heteroatoms. The average Bonchev–Trinajstić information content (AvgIpc) is 2.55. The van der Waals surface area contributed by atoms with E-state index in [1.54, 1.807) is 31.2 Å². The molecule has 1 aliphatic rings. The van der Waals surface area contributed by atoms with Crippen molar-refractivity contribution in [2.24, 2.45) is 11.0 Å². The van der Waals surface area contributed by atoms with E-state index in [1.165, 1.54) is 7.05 Å². The lowest BCUT2D eigenvalue weighted by Gasteiger charge is -2.25. The van der Waals surface area contributed by atoms with Gasteiger partial charge in [-0.25, -0.2) is 5.01 Å². The van der Waals surface area contributed by atoms with E-state index in [-0.39, 0.29) is 24.5 Å². The van der Waals surface area contributed by atoms with Gasteiger partial charge < -0.3 is 10.4 Å². The monoisotopic (exact) mass is 317 g/mol. The number of carbonyl (C=O) groups excluding carboxylic acids is 2. The number of nitrogens with zero attached hydrogens (tertiary/aromatic N) is 2. The number of carboxylic acid groups (broad SMARTS) is 1. The van der Waals surface area contributed by atoms with Crippen molar-refractivity contribution in [3.63, 3.8) is 0 Å². The van der Waals surface area contributed by atoms with Crippen LogP contribution in [0.15, 0.2) is 35.4 Å². The van der Waals surface area contributed by atoms with Crippen molar-refractivity contribution in [1.82, 2.24) is 10.3 Å². The standard InChI is InChI=1S/C16H19N3O4/c1-10(16(22)23)14(11-6-4-3-5-7-11)17-15(21)12-8-9-13(20)19(2)18-12/h3-7,10,14H,8-9H2,1-2H3,(H,17,21)(H,22,23). The number of amides is 2. The quantitative estimate of drug-likeness (QED) is 0.851. The first-order chi connectivity index (χ1) is 10.9. The van der Waals surface area contributed by atoms with E-state index in [1.807, 2.05) is 6.07 Å². The molecule has 1 aromatic carbocycles. The SMILES string of the molecule is CC(C(=O)O)C(NC(=O)C1=NN(C)C(=O)CC1)c1ccccc1. The molecule has 0 aliphatic carbocycles. The van der Waals surface area contributed by atoms with Crippen LogP contribution in [0.2, 0.25) is 0 Å². The molecule has 2 unspecified atom stereocenters. The molecule has 0 radical (unpaired) electrons. The highest BCUT2D eigenvalue weighted by Crippen LogP contribution is 2.22. The van der Waals surface area contributed by atoms with Crippen LogP contribution in [-0.2, 0) is 14.4 Å². The molecule has 1 aromatic rings. The van der Waals surface area contributed by atoms with Crippen molar-refractivity contribution >= 4 is 23.5 Å². The summed E-state index contributed by atoms with van der Waals surface area (Å²) in [4.78, 5) is 35.1. The Bertz CT molecular complexity index is 642. The second-order valence-corrected chi connectivity index (χ2v) is 5.45. The summed E-state index contributed by atoms with van der Waals surface area (Å²) in [7, 11) is 1.49. The van der Waals surface area contributed by atoms with E-state index in [0.29, 0.717) is 5.56 Å². The van der Waals surface area contributed by atoms with E-state index in [2.05, 4.69) is 10.4 Å². The van der Waals surface area contributed by atoms with Gasteiger partial charge in [0.1, 0.15) is 5.71 Å². The molecule has 1 aliphatic heterocycles. The van der Waals surface area contributed by atoms with Gasteiger partial charge in [-0.1, -0.05) is 30.3 Å². The molecule has 122 valence electrons. The lowest BCUT2D eigenvalue weighted by Crippen LogP contribution is -2.42. The van der Waals surface area contributed by atoms with Crippen molar-refractivity contribution in [1.29, 1.82) is 0 Å². The van der Waals surface area contributed by atoms with Gasteiger partial charge in [0.05, 0.1) is 12.0 Å². The van der Waals surface area contributed by atoms with Crippen LogP contribution in [0.5, 0.6) is 0 Å². The Labute approximate surface area is 134 Å². The number of benzene rings is 1. The first kappa shape index (κ1) is 16.7. The maximum atomic E-state index is 12.4. The Morgan fingerprint density at radius 1 is 1.26 bits per heavy atom. The lowest BCUT2D eigenvalue weighted by atomic mass is 9.94. The number of carboxylic acids is 1. The largest absolute Gasteiger partial charge is 0.481 e. The number of nitrogens with one attached hydrogen (secondary N) is 1. The van der Waals surface area contributed by atoms with Crippen molar-refractivity contribution in [2.45, 2.75) is 25.8 Å². The summed E-state index contributed by atoms with van der Waals surface area (Å²) in [5.41, 5.74) is 0.933. The number of carbonyl (C=O) groups is 3.